The van der Waals surface area contributed by atoms with Gasteiger partial charge >= 0.3 is 0 Å². The van der Waals surface area contributed by atoms with Gasteiger partial charge < -0.3 is 10.1 Å². The first-order chi connectivity index (χ1) is 16.9. The van der Waals surface area contributed by atoms with E-state index in [0.717, 1.165) is 16.3 Å². The minimum absolute atomic E-state index is 0.169. The fraction of sp³-hybridized carbons (Fsp3) is 0.0370. The van der Waals surface area contributed by atoms with Crippen LogP contribution in [0.15, 0.2) is 78.4 Å². The average Bonchev–Trinajstić information content (AvgIpc) is 2.85. The molecule has 4 nitrogen and oxygen atoms in total. The molecule has 0 saturated heterocycles. The van der Waals surface area contributed by atoms with Crippen LogP contribution in [0.1, 0.15) is 11.1 Å². The summed E-state index contributed by atoms with van der Waals surface area (Å²) in [6.07, 6.45) is 1.38. The fourth-order valence-electron chi connectivity index (χ4n) is 3.47. The van der Waals surface area contributed by atoms with Gasteiger partial charge in [-0.2, -0.15) is 5.26 Å². The molecule has 0 aliphatic carbocycles. The molecule has 0 saturated carbocycles. The zero-order valence-electron chi connectivity index (χ0n) is 18.0. The van der Waals surface area contributed by atoms with E-state index in [2.05, 4.69) is 5.32 Å². The highest BCUT2D eigenvalue weighted by Crippen LogP contribution is 2.36. The minimum atomic E-state index is -0.653. The third-order valence-corrected chi connectivity index (χ3v) is 6.53. The summed E-state index contributed by atoms with van der Waals surface area (Å²) in [7, 11) is 0. The number of nitriles is 1. The number of nitrogens with zero attached hydrogens (tertiary/aromatic N) is 1. The Labute approximate surface area is 222 Å². The van der Waals surface area contributed by atoms with Gasteiger partial charge in [0.05, 0.1) is 25.8 Å². The highest BCUT2D eigenvalue weighted by atomic mass is 35.5. The molecule has 174 valence electrons. The summed E-state index contributed by atoms with van der Waals surface area (Å²) >= 11 is 25.0. The molecule has 0 aliphatic heterocycles. The monoisotopic (exact) mass is 540 g/mol. The number of hydrogen-bond acceptors (Lipinski definition) is 3. The van der Waals surface area contributed by atoms with Crippen LogP contribution in [0.2, 0.25) is 20.1 Å². The maximum Gasteiger partial charge on any atom is 0.266 e. The summed E-state index contributed by atoms with van der Waals surface area (Å²) in [4.78, 5) is 12.6. The van der Waals surface area contributed by atoms with Gasteiger partial charge in [0.15, 0.2) is 5.75 Å². The third-order valence-electron chi connectivity index (χ3n) is 5.15. The zero-order chi connectivity index (χ0) is 24.9. The Bertz CT molecular complexity index is 1480. The van der Waals surface area contributed by atoms with E-state index in [4.69, 9.17) is 51.1 Å². The molecule has 0 atom stereocenters. The quantitative estimate of drug-likeness (QED) is 0.196. The summed E-state index contributed by atoms with van der Waals surface area (Å²) in [5.41, 5.74) is 1.57. The summed E-state index contributed by atoms with van der Waals surface area (Å²) in [5.74, 6) is -0.340. The maximum atomic E-state index is 12.6. The van der Waals surface area contributed by atoms with Crippen LogP contribution >= 0.6 is 46.4 Å². The van der Waals surface area contributed by atoms with Crippen LogP contribution in [0.5, 0.6) is 5.75 Å². The van der Waals surface area contributed by atoms with E-state index in [1.54, 1.807) is 30.3 Å². The van der Waals surface area contributed by atoms with Gasteiger partial charge in [-0.3, -0.25) is 4.79 Å². The summed E-state index contributed by atoms with van der Waals surface area (Å²) < 4.78 is 5.94. The van der Waals surface area contributed by atoms with Crippen molar-refractivity contribution in [2.24, 2.45) is 0 Å². The van der Waals surface area contributed by atoms with Crippen molar-refractivity contribution in [1.29, 1.82) is 5.26 Å². The van der Waals surface area contributed by atoms with Crippen molar-refractivity contribution >= 4 is 74.8 Å². The predicted octanol–water partition coefficient (Wildman–Crippen LogP) is 8.58. The number of halogens is 4. The predicted molar refractivity (Wildman–Crippen MR) is 143 cm³/mol. The van der Waals surface area contributed by atoms with Gasteiger partial charge in [0.2, 0.25) is 0 Å². The number of carbonyl (C=O) groups is 1. The Morgan fingerprint density at radius 3 is 2.34 bits per heavy atom. The van der Waals surface area contributed by atoms with Crippen molar-refractivity contribution in [3.05, 3.63) is 110 Å². The second-order valence-corrected chi connectivity index (χ2v) is 9.07. The number of fused-ring (bicyclic) bond motifs is 1. The Hall–Kier alpha value is -3.20. The summed E-state index contributed by atoms with van der Waals surface area (Å²) in [6, 6.07) is 23.8. The van der Waals surface area contributed by atoms with Crippen molar-refractivity contribution in [1.82, 2.24) is 0 Å². The van der Waals surface area contributed by atoms with Crippen molar-refractivity contribution in [2.75, 3.05) is 5.32 Å². The molecule has 0 aliphatic rings. The van der Waals surface area contributed by atoms with Gasteiger partial charge in [0.1, 0.15) is 18.2 Å². The standard InChI is InChI=1S/C27H16Cl4N2O2/c28-21-9-4-10-24(25(21)31)33-27(34)19(14-32)11-16-12-22(29)26(23(30)13-16)35-15-18-7-3-6-17-5-1-2-8-20(17)18/h1-13H,15H2,(H,33,34)/b19-11-. The molecule has 35 heavy (non-hydrogen) atoms. The van der Waals surface area contributed by atoms with E-state index in [1.807, 2.05) is 48.5 Å². The molecule has 4 aromatic carbocycles. The fourth-order valence-corrected chi connectivity index (χ4v) is 4.44. The van der Waals surface area contributed by atoms with Crippen LogP contribution in [0.25, 0.3) is 16.8 Å². The van der Waals surface area contributed by atoms with Crippen LogP contribution in [0.4, 0.5) is 5.69 Å². The largest absolute Gasteiger partial charge is 0.486 e. The van der Waals surface area contributed by atoms with Crippen LogP contribution < -0.4 is 10.1 Å². The first-order valence-electron chi connectivity index (χ1n) is 10.3. The molecule has 0 aromatic heterocycles. The number of benzene rings is 4. The lowest BCUT2D eigenvalue weighted by Crippen LogP contribution is -2.13. The molecule has 0 heterocycles. The SMILES string of the molecule is N#C/C(=C/c1cc(Cl)c(OCc2cccc3ccccc23)c(Cl)c1)C(=O)Nc1cccc(Cl)c1Cl. The average molecular weight is 542 g/mol. The van der Waals surface area contributed by atoms with Crippen LogP contribution in [-0.4, -0.2) is 5.91 Å². The molecule has 1 N–H and O–H groups in total. The van der Waals surface area contributed by atoms with Gasteiger partial charge in [-0.1, -0.05) is 94.9 Å². The summed E-state index contributed by atoms with van der Waals surface area (Å²) in [6.45, 7) is 0.266. The number of rotatable bonds is 6. The lowest BCUT2D eigenvalue weighted by atomic mass is 10.1. The first kappa shape index (κ1) is 24.9. The molecule has 4 aromatic rings. The minimum Gasteiger partial charge on any atom is -0.486 e. The van der Waals surface area contributed by atoms with E-state index < -0.39 is 5.91 Å². The highest BCUT2D eigenvalue weighted by Gasteiger charge is 2.15. The van der Waals surface area contributed by atoms with Gasteiger partial charge in [-0.15, -0.1) is 0 Å². The Balaban J connectivity index is 1.54. The van der Waals surface area contributed by atoms with Gasteiger partial charge in [0.25, 0.3) is 5.91 Å². The Kier molecular flexibility index (Phi) is 7.85. The van der Waals surface area contributed by atoms with Crippen molar-refractivity contribution in [3.8, 4) is 11.8 Å². The molecular formula is C27H16Cl4N2O2. The molecule has 4 rings (SSSR count). The number of nitrogens with one attached hydrogen (secondary N) is 1. The molecular weight excluding hydrogens is 526 g/mol. The van der Waals surface area contributed by atoms with Gasteiger partial charge in [0, 0.05) is 0 Å². The molecule has 0 radical (unpaired) electrons. The van der Waals surface area contributed by atoms with E-state index in [1.165, 1.54) is 6.08 Å². The molecule has 0 unspecified atom stereocenters. The number of carbonyl (C=O) groups excluding carboxylic acids is 1. The third kappa shape index (κ3) is 5.73. The second kappa shape index (κ2) is 11.0. The van der Waals surface area contributed by atoms with Crippen LogP contribution in [-0.2, 0) is 11.4 Å². The summed E-state index contributed by atoms with van der Waals surface area (Å²) in [5, 5.41) is 15.2. The normalized spacial score (nSPS) is 11.2. The number of anilines is 1. The van der Waals surface area contributed by atoms with Crippen molar-refractivity contribution in [3.63, 3.8) is 0 Å². The highest BCUT2D eigenvalue weighted by molar-refractivity contribution is 6.44. The second-order valence-electron chi connectivity index (χ2n) is 7.47. The lowest BCUT2D eigenvalue weighted by Gasteiger charge is -2.13. The Morgan fingerprint density at radius 1 is 0.914 bits per heavy atom. The van der Waals surface area contributed by atoms with Gasteiger partial charge in [-0.25, -0.2) is 0 Å². The smallest absolute Gasteiger partial charge is 0.266 e. The van der Waals surface area contributed by atoms with Gasteiger partial charge in [-0.05, 0) is 52.2 Å². The molecule has 1 amide bonds. The molecule has 0 spiro atoms. The molecule has 0 bridgehead atoms. The van der Waals surface area contributed by atoms with E-state index in [0.29, 0.717) is 17.0 Å². The van der Waals surface area contributed by atoms with Crippen molar-refractivity contribution in [2.45, 2.75) is 6.61 Å². The zero-order valence-corrected chi connectivity index (χ0v) is 21.0. The number of amides is 1. The number of hydrogen-bond donors (Lipinski definition) is 1. The van der Waals surface area contributed by atoms with Crippen LogP contribution in [0.3, 0.4) is 0 Å². The topological polar surface area (TPSA) is 62.1 Å². The first-order valence-corrected chi connectivity index (χ1v) is 11.8. The van der Waals surface area contributed by atoms with E-state index >= 15 is 0 Å². The lowest BCUT2D eigenvalue weighted by molar-refractivity contribution is -0.112. The molecule has 8 heteroatoms. The van der Waals surface area contributed by atoms with Crippen molar-refractivity contribution < 1.29 is 9.53 Å². The van der Waals surface area contributed by atoms with Crippen LogP contribution in [0, 0.1) is 11.3 Å². The Morgan fingerprint density at radius 2 is 1.60 bits per heavy atom. The molecule has 0 fully saturated rings. The maximum absolute atomic E-state index is 12.6. The van der Waals surface area contributed by atoms with E-state index in [9.17, 15) is 10.1 Å². The number of ether oxygens (including phenoxy) is 1. The van der Waals surface area contributed by atoms with E-state index in [-0.39, 0.29) is 32.3 Å².